The standard InChI is InChI=1S/C18H20N2O2/c1-13-7-4-5-10-16(13)11-19-20-17(21)12-22-18-14(2)8-6-9-15(18)3/h4-11H,12H2,1-3H3,(H,20,21)/b19-11+. The second kappa shape index (κ2) is 7.41. The van der Waals surface area contributed by atoms with E-state index in [4.69, 9.17) is 4.74 Å². The van der Waals surface area contributed by atoms with Crippen LogP contribution in [0.3, 0.4) is 0 Å². The Labute approximate surface area is 130 Å². The van der Waals surface area contributed by atoms with Crippen molar-refractivity contribution in [3.63, 3.8) is 0 Å². The first-order valence-corrected chi connectivity index (χ1v) is 7.14. The Morgan fingerprint density at radius 2 is 1.68 bits per heavy atom. The largest absolute Gasteiger partial charge is 0.483 e. The van der Waals surface area contributed by atoms with Crippen LogP contribution in [0.5, 0.6) is 5.75 Å². The molecular weight excluding hydrogens is 276 g/mol. The summed E-state index contributed by atoms with van der Waals surface area (Å²) < 4.78 is 5.57. The lowest BCUT2D eigenvalue weighted by molar-refractivity contribution is -0.123. The fourth-order valence-electron chi connectivity index (χ4n) is 2.10. The van der Waals surface area contributed by atoms with Crippen molar-refractivity contribution in [3.8, 4) is 5.75 Å². The Kier molecular flexibility index (Phi) is 5.31. The molecule has 0 fully saturated rings. The lowest BCUT2D eigenvalue weighted by Crippen LogP contribution is -2.25. The van der Waals surface area contributed by atoms with Gasteiger partial charge in [-0.3, -0.25) is 4.79 Å². The second-order valence-corrected chi connectivity index (χ2v) is 5.16. The quantitative estimate of drug-likeness (QED) is 0.680. The van der Waals surface area contributed by atoms with E-state index < -0.39 is 0 Å². The maximum Gasteiger partial charge on any atom is 0.277 e. The van der Waals surface area contributed by atoms with Gasteiger partial charge < -0.3 is 4.74 Å². The highest BCUT2D eigenvalue weighted by atomic mass is 16.5. The first-order chi connectivity index (χ1) is 10.6. The zero-order valence-corrected chi connectivity index (χ0v) is 13.1. The molecule has 4 heteroatoms. The van der Waals surface area contributed by atoms with Gasteiger partial charge in [0, 0.05) is 0 Å². The third-order valence-electron chi connectivity index (χ3n) is 3.34. The maximum absolute atomic E-state index is 11.8. The summed E-state index contributed by atoms with van der Waals surface area (Å²) in [5.41, 5.74) is 6.57. The monoisotopic (exact) mass is 296 g/mol. The smallest absolute Gasteiger partial charge is 0.277 e. The number of hydrogen-bond acceptors (Lipinski definition) is 3. The van der Waals surface area contributed by atoms with E-state index >= 15 is 0 Å². The molecule has 0 radical (unpaired) electrons. The molecule has 2 aromatic carbocycles. The molecule has 22 heavy (non-hydrogen) atoms. The number of carbonyl (C=O) groups excluding carboxylic acids is 1. The van der Waals surface area contributed by atoms with Gasteiger partial charge in [0.25, 0.3) is 5.91 Å². The van der Waals surface area contributed by atoms with Crippen LogP contribution < -0.4 is 10.2 Å². The van der Waals surface area contributed by atoms with Gasteiger partial charge in [-0.15, -0.1) is 0 Å². The summed E-state index contributed by atoms with van der Waals surface area (Å²) in [6, 6.07) is 13.7. The van der Waals surface area contributed by atoms with E-state index in [0.717, 1.165) is 28.0 Å². The zero-order chi connectivity index (χ0) is 15.9. The lowest BCUT2D eigenvalue weighted by Gasteiger charge is -2.10. The molecule has 0 aromatic heterocycles. The fraction of sp³-hybridized carbons (Fsp3) is 0.222. The summed E-state index contributed by atoms with van der Waals surface area (Å²) >= 11 is 0. The van der Waals surface area contributed by atoms with Crippen LogP contribution in [0, 0.1) is 20.8 Å². The second-order valence-electron chi connectivity index (χ2n) is 5.16. The van der Waals surface area contributed by atoms with Crippen LogP contribution in [-0.4, -0.2) is 18.7 Å². The van der Waals surface area contributed by atoms with Crippen molar-refractivity contribution in [1.29, 1.82) is 0 Å². The molecule has 1 amide bonds. The number of nitrogens with zero attached hydrogens (tertiary/aromatic N) is 1. The van der Waals surface area contributed by atoms with Crippen molar-refractivity contribution in [2.24, 2.45) is 5.10 Å². The van der Waals surface area contributed by atoms with Gasteiger partial charge in [0.1, 0.15) is 5.75 Å². The number of amides is 1. The number of carbonyl (C=O) groups is 1. The molecule has 0 spiro atoms. The van der Waals surface area contributed by atoms with Gasteiger partial charge >= 0.3 is 0 Å². The van der Waals surface area contributed by atoms with Crippen molar-refractivity contribution in [2.45, 2.75) is 20.8 Å². The minimum Gasteiger partial charge on any atom is -0.483 e. The molecule has 0 atom stereocenters. The van der Waals surface area contributed by atoms with E-state index in [0.29, 0.717) is 0 Å². The number of hydrazone groups is 1. The topological polar surface area (TPSA) is 50.7 Å². The Balaban J connectivity index is 1.88. The van der Waals surface area contributed by atoms with Gasteiger partial charge in [0.2, 0.25) is 0 Å². The van der Waals surface area contributed by atoms with Gasteiger partial charge in [-0.2, -0.15) is 5.10 Å². The van der Waals surface area contributed by atoms with Crippen molar-refractivity contribution in [1.82, 2.24) is 5.43 Å². The first kappa shape index (κ1) is 15.8. The molecule has 4 nitrogen and oxygen atoms in total. The van der Waals surface area contributed by atoms with Crippen molar-refractivity contribution < 1.29 is 9.53 Å². The molecular formula is C18H20N2O2. The average Bonchev–Trinajstić information content (AvgIpc) is 2.49. The van der Waals surface area contributed by atoms with Gasteiger partial charge in [-0.05, 0) is 43.0 Å². The van der Waals surface area contributed by atoms with Crippen LogP contribution in [-0.2, 0) is 4.79 Å². The van der Waals surface area contributed by atoms with E-state index in [2.05, 4.69) is 10.5 Å². The SMILES string of the molecule is Cc1ccccc1/C=N/NC(=O)COc1c(C)cccc1C. The molecule has 0 saturated carbocycles. The van der Waals surface area contributed by atoms with Crippen molar-refractivity contribution in [3.05, 3.63) is 64.7 Å². The van der Waals surface area contributed by atoms with Gasteiger partial charge in [-0.1, -0.05) is 42.5 Å². The Morgan fingerprint density at radius 1 is 1.05 bits per heavy atom. The molecule has 2 rings (SSSR count). The van der Waals surface area contributed by atoms with Crippen LogP contribution in [0.25, 0.3) is 0 Å². The highest BCUT2D eigenvalue weighted by Crippen LogP contribution is 2.21. The highest BCUT2D eigenvalue weighted by molar-refractivity contribution is 5.84. The number of ether oxygens (including phenoxy) is 1. The molecule has 0 bridgehead atoms. The lowest BCUT2D eigenvalue weighted by atomic mass is 10.1. The highest BCUT2D eigenvalue weighted by Gasteiger charge is 2.06. The Hall–Kier alpha value is -2.62. The van der Waals surface area contributed by atoms with Crippen LogP contribution in [0.15, 0.2) is 47.6 Å². The average molecular weight is 296 g/mol. The predicted octanol–water partition coefficient (Wildman–Crippen LogP) is 3.14. The van der Waals surface area contributed by atoms with E-state index in [-0.39, 0.29) is 12.5 Å². The third-order valence-corrected chi connectivity index (χ3v) is 3.34. The van der Waals surface area contributed by atoms with E-state index in [1.54, 1.807) is 6.21 Å². The summed E-state index contributed by atoms with van der Waals surface area (Å²) in [4.78, 5) is 11.8. The number of nitrogens with one attached hydrogen (secondary N) is 1. The van der Waals surface area contributed by atoms with Crippen molar-refractivity contribution in [2.75, 3.05) is 6.61 Å². The number of aryl methyl sites for hydroxylation is 3. The summed E-state index contributed by atoms with van der Waals surface area (Å²) in [5.74, 6) is 0.466. The summed E-state index contributed by atoms with van der Waals surface area (Å²) in [7, 11) is 0. The van der Waals surface area contributed by atoms with Gasteiger partial charge in [0.15, 0.2) is 6.61 Å². The Bertz CT molecular complexity index is 673. The molecule has 2 aromatic rings. The number of para-hydroxylation sites is 1. The van der Waals surface area contributed by atoms with Crippen LogP contribution in [0.2, 0.25) is 0 Å². The zero-order valence-electron chi connectivity index (χ0n) is 13.1. The van der Waals surface area contributed by atoms with Gasteiger partial charge in [0.05, 0.1) is 6.21 Å². The first-order valence-electron chi connectivity index (χ1n) is 7.14. The molecule has 0 saturated heterocycles. The molecule has 0 aliphatic carbocycles. The van der Waals surface area contributed by atoms with Gasteiger partial charge in [-0.25, -0.2) is 5.43 Å². The minimum atomic E-state index is -0.285. The van der Waals surface area contributed by atoms with Crippen molar-refractivity contribution >= 4 is 12.1 Å². The van der Waals surface area contributed by atoms with Crippen LogP contribution in [0.4, 0.5) is 0 Å². The maximum atomic E-state index is 11.8. The Morgan fingerprint density at radius 3 is 2.36 bits per heavy atom. The minimum absolute atomic E-state index is 0.0587. The predicted molar refractivity (Wildman–Crippen MR) is 88.3 cm³/mol. The van der Waals surface area contributed by atoms with E-state index in [9.17, 15) is 4.79 Å². The number of rotatable bonds is 5. The summed E-state index contributed by atoms with van der Waals surface area (Å²) in [6.07, 6.45) is 1.63. The molecule has 114 valence electrons. The fourth-order valence-corrected chi connectivity index (χ4v) is 2.10. The van der Waals surface area contributed by atoms with Crippen LogP contribution in [0.1, 0.15) is 22.3 Å². The molecule has 1 N–H and O–H groups in total. The number of hydrogen-bond donors (Lipinski definition) is 1. The van der Waals surface area contributed by atoms with E-state index in [1.807, 2.05) is 63.2 Å². The molecule has 0 aliphatic heterocycles. The molecule has 0 heterocycles. The summed E-state index contributed by atoms with van der Waals surface area (Å²) in [5, 5.41) is 3.95. The van der Waals surface area contributed by atoms with E-state index in [1.165, 1.54) is 0 Å². The van der Waals surface area contributed by atoms with Crippen LogP contribution >= 0.6 is 0 Å². The summed E-state index contributed by atoms with van der Waals surface area (Å²) in [6.45, 7) is 5.84. The normalized spacial score (nSPS) is 10.7. The molecule has 0 aliphatic rings. The number of benzene rings is 2. The third kappa shape index (κ3) is 4.19. The molecule has 0 unspecified atom stereocenters.